The van der Waals surface area contributed by atoms with Crippen LogP contribution < -0.4 is 11.1 Å². The van der Waals surface area contributed by atoms with Gasteiger partial charge in [0.1, 0.15) is 0 Å². The number of carbonyl (C=O) groups excluding carboxylic acids is 1. The zero-order valence-corrected chi connectivity index (χ0v) is 14.0. The number of nitrogens with zero attached hydrogens (tertiary/aromatic N) is 2. The van der Waals surface area contributed by atoms with Gasteiger partial charge in [0.05, 0.1) is 18.3 Å². The van der Waals surface area contributed by atoms with Crippen LogP contribution in [-0.2, 0) is 9.53 Å². The Hall–Kier alpha value is -1.79. The van der Waals surface area contributed by atoms with Crippen LogP contribution in [-0.4, -0.2) is 50.7 Å². The number of allylic oxidation sites excluding steroid dienone is 2. The van der Waals surface area contributed by atoms with Crippen molar-refractivity contribution in [2.45, 2.75) is 31.7 Å². The molecule has 3 heterocycles. The summed E-state index contributed by atoms with van der Waals surface area (Å²) in [6, 6.07) is -0.0923. The lowest BCUT2D eigenvalue weighted by molar-refractivity contribution is -0.114. The van der Waals surface area contributed by atoms with Gasteiger partial charge in [-0.2, -0.15) is 0 Å². The van der Waals surface area contributed by atoms with Gasteiger partial charge in [0.25, 0.3) is 0 Å². The number of piperidine rings is 1. The maximum atomic E-state index is 11.3. The van der Waals surface area contributed by atoms with Crippen molar-refractivity contribution in [3.8, 4) is 0 Å². The van der Waals surface area contributed by atoms with Crippen LogP contribution in [0.2, 0.25) is 0 Å². The first-order valence-electron chi connectivity index (χ1n) is 8.77. The molecule has 2 unspecified atom stereocenters. The predicted octanol–water partition coefficient (Wildman–Crippen LogP) is 1.23. The van der Waals surface area contributed by atoms with Crippen molar-refractivity contribution in [3.63, 3.8) is 0 Å². The Labute approximate surface area is 143 Å². The Morgan fingerprint density at radius 1 is 1.33 bits per heavy atom. The zero-order valence-electron chi connectivity index (χ0n) is 14.0. The number of ether oxygens (including phenoxy) is 1. The van der Waals surface area contributed by atoms with E-state index in [1.54, 1.807) is 12.3 Å². The summed E-state index contributed by atoms with van der Waals surface area (Å²) in [6.07, 6.45) is 11.3. The van der Waals surface area contributed by atoms with E-state index in [0.717, 1.165) is 38.4 Å². The van der Waals surface area contributed by atoms with Crippen LogP contribution in [0.25, 0.3) is 0 Å². The Bertz CT molecular complexity index is 574. The number of dihydropyridines is 1. The Kier molecular flexibility index (Phi) is 5.93. The maximum absolute atomic E-state index is 11.3. The molecule has 3 aliphatic rings. The second-order valence-electron chi connectivity index (χ2n) is 6.71. The molecule has 0 aromatic heterocycles. The first kappa shape index (κ1) is 17.0. The Morgan fingerprint density at radius 3 is 2.88 bits per heavy atom. The van der Waals surface area contributed by atoms with E-state index < -0.39 is 0 Å². The number of nitrogens with two attached hydrogens (primary N) is 1. The van der Waals surface area contributed by atoms with Crippen molar-refractivity contribution >= 4 is 18.3 Å². The van der Waals surface area contributed by atoms with Crippen molar-refractivity contribution < 1.29 is 9.53 Å². The van der Waals surface area contributed by atoms with Gasteiger partial charge in [0, 0.05) is 36.9 Å². The van der Waals surface area contributed by atoms with Gasteiger partial charge in [-0.1, -0.05) is 6.08 Å². The molecule has 130 valence electrons. The van der Waals surface area contributed by atoms with E-state index in [2.05, 4.69) is 21.4 Å². The third-order valence-corrected chi connectivity index (χ3v) is 4.82. The molecule has 1 saturated heterocycles. The highest BCUT2D eigenvalue weighted by atomic mass is 16.5. The molecule has 1 amide bonds. The fourth-order valence-corrected chi connectivity index (χ4v) is 3.27. The number of nitrogens with one attached hydrogen (secondary N) is 1. The van der Waals surface area contributed by atoms with E-state index >= 15 is 0 Å². The summed E-state index contributed by atoms with van der Waals surface area (Å²) in [4.78, 5) is 20.2. The number of hydrogen-bond acceptors (Lipinski definition) is 5. The third kappa shape index (κ3) is 4.61. The van der Waals surface area contributed by atoms with E-state index in [9.17, 15) is 4.79 Å². The number of aliphatic imine (C=N–C) groups is 2. The first-order valence-corrected chi connectivity index (χ1v) is 8.77. The normalized spacial score (nSPS) is 27.7. The van der Waals surface area contributed by atoms with Crippen LogP contribution in [0.5, 0.6) is 0 Å². The fourth-order valence-electron chi connectivity index (χ4n) is 3.27. The van der Waals surface area contributed by atoms with Crippen LogP contribution in [0.1, 0.15) is 25.7 Å². The van der Waals surface area contributed by atoms with Crippen LogP contribution in [0.3, 0.4) is 0 Å². The monoisotopic (exact) mass is 330 g/mol. The minimum Gasteiger partial charge on any atom is -0.380 e. The number of carbonyl (C=O) groups is 1. The van der Waals surface area contributed by atoms with Crippen molar-refractivity contribution in [3.05, 3.63) is 23.4 Å². The SMILES string of the molecule is NC(=O)C1=CC=NC(C2=CCC(COCC3CCNCC3)C=N2)C1. The molecule has 0 aromatic rings. The van der Waals surface area contributed by atoms with E-state index in [1.165, 1.54) is 12.8 Å². The highest BCUT2D eigenvalue weighted by Crippen LogP contribution is 2.24. The van der Waals surface area contributed by atoms with Gasteiger partial charge in [-0.3, -0.25) is 14.8 Å². The number of hydrogen-bond donors (Lipinski definition) is 2. The highest BCUT2D eigenvalue weighted by Gasteiger charge is 2.22. The predicted molar refractivity (Wildman–Crippen MR) is 95.3 cm³/mol. The van der Waals surface area contributed by atoms with Crippen molar-refractivity contribution in [2.24, 2.45) is 27.6 Å². The van der Waals surface area contributed by atoms with Gasteiger partial charge in [0.2, 0.25) is 5.91 Å². The summed E-state index contributed by atoms with van der Waals surface area (Å²) < 4.78 is 5.89. The molecule has 0 radical (unpaired) electrons. The number of primary amides is 1. The Morgan fingerprint density at radius 2 is 2.17 bits per heavy atom. The lowest BCUT2D eigenvalue weighted by Gasteiger charge is -2.24. The minimum absolute atomic E-state index is 0.0923. The zero-order chi connectivity index (χ0) is 16.8. The fraction of sp³-hybridized carbons (Fsp3) is 0.611. The maximum Gasteiger partial charge on any atom is 0.244 e. The number of rotatable bonds is 6. The molecule has 0 spiro atoms. The van der Waals surface area contributed by atoms with E-state index in [1.807, 2.05) is 6.21 Å². The lowest BCUT2D eigenvalue weighted by Crippen LogP contribution is -2.30. The Balaban J connectivity index is 1.41. The van der Waals surface area contributed by atoms with Crippen molar-refractivity contribution in [1.29, 1.82) is 0 Å². The lowest BCUT2D eigenvalue weighted by atomic mass is 9.96. The molecule has 1 fully saturated rings. The van der Waals surface area contributed by atoms with Crippen LogP contribution in [0.15, 0.2) is 33.4 Å². The van der Waals surface area contributed by atoms with Gasteiger partial charge >= 0.3 is 0 Å². The molecule has 6 heteroatoms. The van der Waals surface area contributed by atoms with Crippen LogP contribution >= 0.6 is 0 Å². The van der Waals surface area contributed by atoms with Crippen LogP contribution in [0, 0.1) is 11.8 Å². The average molecular weight is 330 g/mol. The van der Waals surface area contributed by atoms with Gasteiger partial charge in [-0.15, -0.1) is 0 Å². The topological polar surface area (TPSA) is 89.1 Å². The molecule has 3 N–H and O–H groups in total. The van der Waals surface area contributed by atoms with Crippen molar-refractivity contribution in [1.82, 2.24) is 5.32 Å². The number of amides is 1. The molecular formula is C18H26N4O2. The highest BCUT2D eigenvalue weighted by molar-refractivity contribution is 5.97. The van der Waals surface area contributed by atoms with Gasteiger partial charge in [0.15, 0.2) is 0 Å². The van der Waals surface area contributed by atoms with Gasteiger partial charge in [-0.05, 0) is 44.3 Å². The minimum atomic E-state index is -0.379. The average Bonchev–Trinajstić information content (AvgIpc) is 2.63. The molecule has 2 atom stereocenters. The van der Waals surface area contributed by atoms with E-state index in [4.69, 9.17) is 10.5 Å². The molecule has 6 nitrogen and oxygen atoms in total. The second kappa shape index (κ2) is 8.35. The van der Waals surface area contributed by atoms with E-state index in [0.29, 0.717) is 23.8 Å². The molecule has 3 aliphatic heterocycles. The largest absolute Gasteiger partial charge is 0.380 e. The molecule has 0 aliphatic carbocycles. The molecular weight excluding hydrogens is 304 g/mol. The quantitative estimate of drug-likeness (QED) is 0.768. The van der Waals surface area contributed by atoms with Crippen molar-refractivity contribution in [2.75, 3.05) is 26.3 Å². The summed E-state index contributed by atoms with van der Waals surface area (Å²) in [5.74, 6) is 0.637. The van der Waals surface area contributed by atoms with E-state index in [-0.39, 0.29) is 11.9 Å². The molecule has 0 aromatic carbocycles. The first-order chi connectivity index (χ1) is 11.7. The summed E-state index contributed by atoms with van der Waals surface area (Å²) >= 11 is 0. The molecule has 3 rings (SSSR count). The summed E-state index contributed by atoms with van der Waals surface area (Å²) in [5, 5.41) is 3.37. The molecule has 0 bridgehead atoms. The second-order valence-corrected chi connectivity index (χ2v) is 6.71. The summed E-state index contributed by atoms with van der Waals surface area (Å²) in [7, 11) is 0. The van der Waals surface area contributed by atoms with Gasteiger partial charge < -0.3 is 15.8 Å². The molecule has 24 heavy (non-hydrogen) atoms. The molecule has 0 saturated carbocycles. The summed E-state index contributed by atoms with van der Waals surface area (Å²) in [5.41, 5.74) is 6.88. The van der Waals surface area contributed by atoms with Gasteiger partial charge in [-0.25, -0.2) is 0 Å². The van der Waals surface area contributed by atoms with Crippen LogP contribution in [0.4, 0.5) is 0 Å². The summed E-state index contributed by atoms with van der Waals surface area (Å²) in [6.45, 7) is 3.78. The third-order valence-electron chi connectivity index (χ3n) is 4.82. The smallest absolute Gasteiger partial charge is 0.244 e. The standard InChI is InChI=1S/C18H26N4O2/c19-18(23)15-5-8-21-17(9-15)16-2-1-14(10-22-16)12-24-11-13-3-6-20-7-4-13/h2,5,8,10,13-14,17,20H,1,3-4,6-7,9,11-12H2,(H2,19,23).